The first-order valence-electron chi connectivity index (χ1n) is 8.64. The third-order valence-electron chi connectivity index (χ3n) is 4.16. The molecule has 0 aromatic heterocycles. The van der Waals surface area contributed by atoms with Crippen molar-refractivity contribution in [2.24, 2.45) is 0 Å². The van der Waals surface area contributed by atoms with Crippen molar-refractivity contribution in [3.8, 4) is 0 Å². The Morgan fingerprint density at radius 1 is 0.929 bits per heavy atom. The number of ether oxygens (including phenoxy) is 1. The standard InChI is InChI=1S/C19H24O7S2/c1-14-4-7-18(8-5-14)28(23,24)26-11-10-25-16(3)12-17-13-19(27(20,21)22)9-6-15(17)2/h4-9,13,16H,10-12H2,1-3H3,(H,20,21,22). The SMILES string of the molecule is Cc1ccc(S(=O)(=O)OCCOC(C)Cc2cc(S(=O)(=O)O)ccc2C)cc1. The van der Waals surface area contributed by atoms with E-state index in [1.165, 1.54) is 24.3 Å². The maximum atomic E-state index is 12.1. The van der Waals surface area contributed by atoms with E-state index in [9.17, 15) is 16.8 Å². The molecular formula is C19H24O7S2. The van der Waals surface area contributed by atoms with Gasteiger partial charge in [-0.25, -0.2) is 0 Å². The van der Waals surface area contributed by atoms with Crippen molar-refractivity contribution >= 4 is 20.2 Å². The van der Waals surface area contributed by atoms with Crippen molar-refractivity contribution in [2.75, 3.05) is 13.2 Å². The number of hydrogen-bond donors (Lipinski definition) is 1. The zero-order chi connectivity index (χ0) is 20.9. The Kier molecular flexibility index (Phi) is 7.35. The first-order valence-corrected chi connectivity index (χ1v) is 11.5. The van der Waals surface area contributed by atoms with E-state index < -0.39 is 20.2 Å². The third-order valence-corrected chi connectivity index (χ3v) is 6.34. The summed E-state index contributed by atoms with van der Waals surface area (Å²) in [5, 5.41) is 0. The number of rotatable bonds is 9. The predicted octanol–water partition coefficient (Wildman–Crippen LogP) is 2.90. The van der Waals surface area contributed by atoms with Crippen LogP contribution in [0.2, 0.25) is 0 Å². The summed E-state index contributed by atoms with van der Waals surface area (Å²) in [7, 11) is -8.11. The van der Waals surface area contributed by atoms with E-state index in [1.54, 1.807) is 25.1 Å². The lowest BCUT2D eigenvalue weighted by Crippen LogP contribution is -2.18. The molecule has 1 atom stereocenters. The molecule has 1 unspecified atom stereocenters. The average Bonchev–Trinajstić information content (AvgIpc) is 2.60. The molecule has 0 aliphatic heterocycles. The Morgan fingerprint density at radius 2 is 1.54 bits per heavy atom. The average molecular weight is 429 g/mol. The van der Waals surface area contributed by atoms with Gasteiger partial charge in [0, 0.05) is 0 Å². The fourth-order valence-electron chi connectivity index (χ4n) is 2.56. The fraction of sp³-hybridized carbons (Fsp3) is 0.368. The van der Waals surface area contributed by atoms with Crippen molar-refractivity contribution in [1.29, 1.82) is 0 Å². The van der Waals surface area contributed by atoms with Crippen LogP contribution in [0.3, 0.4) is 0 Å². The molecule has 7 nitrogen and oxygen atoms in total. The summed E-state index contributed by atoms with van der Waals surface area (Å²) in [4.78, 5) is -0.0865. The minimum Gasteiger partial charge on any atom is -0.376 e. The summed E-state index contributed by atoms with van der Waals surface area (Å²) in [6.45, 7) is 5.40. The van der Waals surface area contributed by atoms with Crippen molar-refractivity contribution < 1.29 is 30.3 Å². The maximum absolute atomic E-state index is 12.1. The van der Waals surface area contributed by atoms with E-state index in [0.29, 0.717) is 6.42 Å². The highest BCUT2D eigenvalue weighted by Gasteiger charge is 2.16. The molecule has 154 valence electrons. The highest BCUT2D eigenvalue weighted by atomic mass is 32.2. The maximum Gasteiger partial charge on any atom is 0.297 e. The van der Waals surface area contributed by atoms with Crippen LogP contribution in [0.1, 0.15) is 23.6 Å². The number of benzene rings is 2. The van der Waals surface area contributed by atoms with Gasteiger partial charge in [0.05, 0.1) is 29.1 Å². The molecule has 0 saturated carbocycles. The van der Waals surface area contributed by atoms with Crippen molar-refractivity contribution in [2.45, 2.75) is 43.1 Å². The molecule has 2 aromatic carbocycles. The van der Waals surface area contributed by atoms with Gasteiger partial charge in [-0.3, -0.25) is 8.74 Å². The first-order chi connectivity index (χ1) is 13.0. The van der Waals surface area contributed by atoms with Gasteiger partial charge in [-0.05, 0) is 62.6 Å². The summed E-state index contributed by atoms with van der Waals surface area (Å²) in [5.74, 6) is 0. The van der Waals surface area contributed by atoms with E-state index in [0.717, 1.165) is 16.7 Å². The summed E-state index contributed by atoms with van der Waals surface area (Å²) < 4.78 is 66.5. The molecule has 0 aliphatic carbocycles. The summed E-state index contributed by atoms with van der Waals surface area (Å²) in [5.41, 5.74) is 2.53. The molecule has 28 heavy (non-hydrogen) atoms. The fourth-order valence-corrected chi connectivity index (χ4v) is 3.99. The van der Waals surface area contributed by atoms with Crippen LogP contribution in [-0.2, 0) is 35.6 Å². The Morgan fingerprint density at radius 3 is 2.14 bits per heavy atom. The van der Waals surface area contributed by atoms with Gasteiger partial charge in [0.15, 0.2) is 0 Å². The smallest absolute Gasteiger partial charge is 0.297 e. The molecule has 0 heterocycles. The van der Waals surface area contributed by atoms with Gasteiger partial charge < -0.3 is 4.74 Å². The normalized spacial score (nSPS) is 13.4. The third kappa shape index (κ3) is 6.39. The molecule has 9 heteroatoms. The van der Waals surface area contributed by atoms with Crippen molar-refractivity contribution in [3.63, 3.8) is 0 Å². The predicted molar refractivity (Wildman–Crippen MR) is 104 cm³/mol. The second kappa shape index (κ2) is 9.15. The van der Waals surface area contributed by atoms with Gasteiger partial charge in [-0.1, -0.05) is 23.8 Å². The largest absolute Gasteiger partial charge is 0.376 e. The van der Waals surface area contributed by atoms with E-state index in [-0.39, 0.29) is 29.1 Å². The molecular weight excluding hydrogens is 404 g/mol. The van der Waals surface area contributed by atoms with Crippen LogP contribution in [0.25, 0.3) is 0 Å². The lowest BCUT2D eigenvalue weighted by Gasteiger charge is -2.15. The molecule has 0 bridgehead atoms. The van der Waals surface area contributed by atoms with Gasteiger partial charge in [0.25, 0.3) is 20.2 Å². The van der Waals surface area contributed by atoms with Crippen molar-refractivity contribution in [3.05, 3.63) is 59.2 Å². The molecule has 1 N–H and O–H groups in total. The van der Waals surface area contributed by atoms with Gasteiger partial charge in [0.1, 0.15) is 0 Å². The van der Waals surface area contributed by atoms with Crippen LogP contribution in [0.4, 0.5) is 0 Å². The zero-order valence-electron chi connectivity index (χ0n) is 16.0. The van der Waals surface area contributed by atoms with Gasteiger partial charge in [-0.2, -0.15) is 16.8 Å². The van der Waals surface area contributed by atoms with Crippen LogP contribution in [0, 0.1) is 13.8 Å². The lowest BCUT2D eigenvalue weighted by atomic mass is 10.0. The lowest BCUT2D eigenvalue weighted by molar-refractivity contribution is 0.0460. The van der Waals surface area contributed by atoms with Crippen LogP contribution in [0.15, 0.2) is 52.3 Å². The molecule has 0 spiro atoms. The summed E-state index contributed by atoms with van der Waals surface area (Å²) >= 11 is 0. The summed E-state index contributed by atoms with van der Waals surface area (Å²) in [6.07, 6.45) is 0.0981. The zero-order valence-corrected chi connectivity index (χ0v) is 17.6. The van der Waals surface area contributed by atoms with Crippen LogP contribution >= 0.6 is 0 Å². The Bertz CT molecular complexity index is 1010. The highest BCUT2D eigenvalue weighted by molar-refractivity contribution is 7.86. The molecule has 0 amide bonds. The second-order valence-corrected chi connectivity index (χ2v) is 9.57. The Hall–Kier alpha value is -1.78. The van der Waals surface area contributed by atoms with Gasteiger partial charge in [0.2, 0.25) is 0 Å². The Balaban J connectivity index is 1.88. The molecule has 2 rings (SSSR count). The molecule has 0 radical (unpaired) electrons. The Labute approximate surface area is 166 Å². The number of hydrogen-bond acceptors (Lipinski definition) is 6. The van der Waals surface area contributed by atoms with E-state index in [4.69, 9.17) is 13.5 Å². The van der Waals surface area contributed by atoms with E-state index >= 15 is 0 Å². The van der Waals surface area contributed by atoms with Crippen LogP contribution < -0.4 is 0 Å². The van der Waals surface area contributed by atoms with Crippen LogP contribution in [-0.4, -0.2) is 40.7 Å². The minimum absolute atomic E-state index is 0.0588. The highest BCUT2D eigenvalue weighted by Crippen LogP contribution is 2.18. The second-order valence-electron chi connectivity index (χ2n) is 6.54. The molecule has 0 saturated heterocycles. The summed E-state index contributed by atoms with van der Waals surface area (Å²) in [6, 6.07) is 10.7. The minimum atomic E-state index is -4.27. The quantitative estimate of drug-likeness (QED) is 0.372. The monoisotopic (exact) mass is 428 g/mol. The van der Waals surface area contributed by atoms with Crippen molar-refractivity contribution in [1.82, 2.24) is 0 Å². The molecule has 2 aromatic rings. The first kappa shape index (κ1) is 22.5. The topological polar surface area (TPSA) is 107 Å². The van der Waals surface area contributed by atoms with E-state index in [2.05, 4.69) is 0 Å². The molecule has 0 aliphatic rings. The molecule has 0 fully saturated rings. The van der Waals surface area contributed by atoms with Crippen LogP contribution in [0.5, 0.6) is 0 Å². The van der Waals surface area contributed by atoms with Gasteiger partial charge >= 0.3 is 0 Å². The number of aryl methyl sites for hydroxylation is 2. The van der Waals surface area contributed by atoms with Gasteiger partial charge in [-0.15, -0.1) is 0 Å². The van der Waals surface area contributed by atoms with E-state index in [1.807, 2.05) is 13.8 Å².